The Morgan fingerprint density at radius 3 is 1.28 bits per heavy atom. The molecule has 0 heterocycles. The first-order valence-electron chi connectivity index (χ1n) is 5.75. The van der Waals surface area contributed by atoms with Gasteiger partial charge in [-0.1, -0.05) is 72.8 Å². The molecule has 0 atom stereocenters. The minimum atomic E-state index is -1.19. The highest BCUT2D eigenvalue weighted by Crippen LogP contribution is 2.06. The van der Waals surface area contributed by atoms with Crippen LogP contribution in [-0.2, 0) is 0 Å². The van der Waals surface area contributed by atoms with Gasteiger partial charge in [0.15, 0.2) is 0 Å². The SMILES string of the molecule is C(=Cc1ccccc1)c1ccccc1.C[SiH](Cl)Cl. The van der Waals surface area contributed by atoms with Gasteiger partial charge >= 0.3 is 0 Å². The molecule has 0 saturated heterocycles. The van der Waals surface area contributed by atoms with E-state index in [-0.39, 0.29) is 0 Å². The molecular weight excluding hydrogens is 279 g/mol. The summed E-state index contributed by atoms with van der Waals surface area (Å²) in [6, 6.07) is 20.6. The van der Waals surface area contributed by atoms with Crippen molar-refractivity contribution >= 4 is 41.7 Å². The molecule has 94 valence electrons. The molecule has 18 heavy (non-hydrogen) atoms. The molecule has 0 aromatic heterocycles. The zero-order chi connectivity index (χ0) is 13.2. The van der Waals surface area contributed by atoms with E-state index in [2.05, 4.69) is 36.4 Å². The summed E-state index contributed by atoms with van der Waals surface area (Å²) >= 11 is 10.4. The monoisotopic (exact) mass is 294 g/mol. The second-order valence-electron chi connectivity index (χ2n) is 3.67. The van der Waals surface area contributed by atoms with Gasteiger partial charge in [0.05, 0.1) is 0 Å². The van der Waals surface area contributed by atoms with Crippen molar-refractivity contribution < 1.29 is 0 Å². The Balaban J connectivity index is 0.000000357. The third-order valence-corrected chi connectivity index (χ3v) is 2.07. The summed E-state index contributed by atoms with van der Waals surface area (Å²) in [5, 5.41) is 0. The molecule has 0 fully saturated rings. The van der Waals surface area contributed by atoms with Gasteiger partial charge in [0.1, 0.15) is 0 Å². The number of halogens is 2. The molecule has 0 spiro atoms. The summed E-state index contributed by atoms with van der Waals surface area (Å²) in [4.78, 5) is 0. The Morgan fingerprint density at radius 1 is 0.722 bits per heavy atom. The van der Waals surface area contributed by atoms with Crippen LogP contribution in [0.25, 0.3) is 12.2 Å². The van der Waals surface area contributed by atoms with Crippen LogP contribution in [0.4, 0.5) is 0 Å². The van der Waals surface area contributed by atoms with Gasteiger partial charge in [0, 0.05) is 0 Å². The average Bonchev–Trinajstić information content (AvgIpc) is 2.38. The average molecular weight is 295 g/mol. The highest BCUT2D eigenvalue weighted by molar-refractivity contribution is 7.33. The third-order valence-electron chi connectivity index (χ3n) is 2.07. The molecule has 0 bridgehead atoms. The summed E-state index contributed by atoms with van der Waals surface area (Å²) in [5.41, 5.74) is 2.47. The summed E-state index contributed by atoms with van der Waals surface area (Å²) in [7, 11) is -1.19. The number of benzene rings is 2. The minimum absolute atomic E-state index is 1.19. The highest BCUT2D eigenvalue weighted by atomic mass is 35.7. The van der Waals surface area contributed by atoms with E-state index in [0.717, 1.165) is 0 Å². The van der Waals surface area contributed by atoms with Crippen LogP contribution in [0.3, 0.4) is 0 Å². The fraction of sp³-hybridized carbons (Fsp3) is 0.0667. The van der Waals surface area contributed by atoms with Gasteiger partial charge in [-0.25, -0.2) is 0 Å². The lowest BCUT2D eigenvalue weighted by Crippen LogP contribution is -1.72. The van der Waals surface area contributed by atoms with E-state index in [1.165, 1.54) is 11.1 Å². The predicted molar refractivity (Wildman–Crippen MR) is 86.5 cm³/mol. The third kappa shape index (κ3) is 7.33. The fourth-order valence-electron chi connectivity index (χ4n) is 1.32. The molecule has 0 aliphatic heterocycles. The maximum Gasteiger partial charge on any atom is 0.234 e. The van der Waals surface area contributed by atoms with E-state index in [1.807, 2.05) is 42.9 Å². The summed E-state index contributed by atoms with van der Waals surface area (Å²) in [5.74, 6) is 0. The number of hydrogen-bond donors (Lipinski definition) is 0. The zero-order valence-electron chi connectivity index (χ0n) is 10.3. The Labute approximate surface area is 120 Å². The topological polar surface area (TPSA) is 0 Å². The van der Waals surface area contributed by atoms with Gasteiger partial charge in [-0.15, -0.1) is 0 Å². The fourth-order valence-corrected chi connectivity index (χ4v) is 1.32. The van der Waals surface area contributed by atoms with Gasteiger partial charge in [-0.2, -0.15) is 22.2 Å². The lowest BCUT2D eigenvalue weighted by atomic mass is 10.1. The molecule has 0 N–H and O–H groups in total. The molecule has 0 nitrogen and oxygen atoms in total. The molecule has 0 aliphatic carbocycles. The van der Waals surface area contributed by atoms with E-state index in [4.69, 9.17) is 22.2 Å². The quantitative estimate of drug-likeness (QED) is 0.407. The van der Waals surface area contributed by atoms with Crippen LogP contribution in [0.2, 0.25) is 6.55 Å². The highest BCUT2D eigenvalue weighted by Gasteiger charge is 1.84. The molecule has 2 aromatic carbocycles. The predicted octanol–water partition coefficient (Wildman–Crippen LogP) is 5.17. The zero-order valence-corrected chi connectivity index (χ0v) is 12.9. The Morgan fingerprint density at radius 2 is 1.00 bits per heavy atom. The Hall–Kier alpha value is -1.02. The van der Waals surface area contributed by atoms with Crippen LogP contribution in [0.5, 0.6) is 0 Å². The van der Waals surface area contributed by atoms with Gasteiger partial charge in [-0.3, -0.25) is 0 Å². The van der Waals surface area contributed by atoms with Gasteiger partial charge in [0.2, 0.25) is 7.42 Å². The van der Waals surface area contributed by atoms with Crippen molar-refractivity contribution in [3.8, 4) is 0 Å². The van der Waals surface area contributed by atoms with E-state index in [1.54, 1.807) is 0 Å². The molecule has 0 amide bonds. The maximum atomic E-state index is 5.18. The minimum Gasteiger partial charge on any atom is -0.151 e. The van der Waals surface area contributed by atoms with Crippen molar-refractivity contribution in [2.75, 3.05) is 0 Å². The molecule has 0 radical (unpaired) electrons. The smallest absolute Gasteiger partial charge is 0.151 e. The molecule has 2 rings (SSSR count). The van der Waals surface area contributed by atoms with Crippen molar-refractivity contribution in [3.05, 3.63) is 71.8 Å². The molecule has 0 unspecified atom stereocenters. The second-order valence-corrected chi connectivity index (χ2v) is 9.31. The normalized spacial score (nSPS) is 10.2. The van der Waals surface area contributed by atoms with Crippen LogP contribution < -0.4 is 0 Å². The molecule has 3 heteroatoms. The van der Waals surface area contributed by atoms with E-state index in [0.29, 0.717) is 0 Å². The van der Waals surface area contributed by atoms with Gasteiger partial charge in [0.25, 0.3) is 0 Å². The van der Waals surface area contributed by atoms with Crippen LogP contribution in [0, 0.1) is 0 Å². The number of hydrogen-bond acceptors (Lipinski definition) is 0. The Kier molecular flexibility index (Phi) is 7.50. The summed E-state index contributed by atoms with van der Waals surface area (Å²) in [6.07, 6.45) is 4.24. The van der Waals surface area contributed by atoms with E-state index < -0.39 is 7.42 Å². The summed E-state index contributed by atoms with van der Waals surface area (Å²) in [6.45, 7) is 1.84. The Bertz CT molecular complexity index is 408. The van der Waals surface area contributed by atoms with E-state index >= 15 is 0 Å². The summed E-state index contributed by atoms with van der Waals surface area (Å²) < 4.78 is 0. The van der Waals surface area contributed by atoms with Crippen molar-refractivity contribution in [1.82, 2.24) is 0 Å². The lowest BCUT2D eigenvalue weighted by molar-refractivity contribution is 1.65. The van der Waals surface area contributed by atoms with Crippen molar-refractivity contribution in [2.24, 2.45) is 0 Å². The number of rotatable bonds is 2. The maximum absolute atomic E-state index is 5.18. The first kappa shape index (κ1) is 15.0. The van der Waals surface area contributed by atoms with Crippen molar-refractivity contribution in [2.45, 2.75) is 6.55 Å². The molecule has 0 saturated carbocycles. The van der Waals surface area contributed by atoms with Crippen LogP contribution in [0.1, 0.15) is 11.1 Å². The van der Waals surface area contributed by atoms with Crippen LogP contribution >= 0.6 is 22.2 Å². The first-order chi connectivity index (χ1) is 8.68. The standard InChI is InChI=1S/C14H12.CH4Cl2Si/c1-3-7-13(8-4-1)11-12-14-9-5-2-6-10-14;1-4(2)3/h1-12H;4H,1H3. The lowest BCUT2D eigenvalue weighted by Gasteiger charge is -1.92. The molecular formula is C15H16Cl2Si. The first-order valence-corrected chi connectivity index (χ1v) is 10.4. The second kappa shape index (κ2) is 8.98. The largest absolute Gasteiger partial charge is 0.234 e. The van der Waals surface area contributed by atoms with Crippen molar-refractivity contribution in [1.29, 1.82) is 0 Å². The van der Waals surface area contributed by atoms with Gasteiger partial charge in [-0.05, 0) is 17.7 Å². The molecule has 0 aliphatic rings. The molecule has 2 aromatic rings. The van der Waals surface area contributed by atoms with Crippen LogP contribution in [-0.4, -0.2) is 7.42 Å². The van der Waals surface area contributed by atoms with Gasteiger partial charge < -0.3 is 0 Å². The van der Waals surface area contributed by atoms with Crippen LogP contribution in [0.15, 0.2) is 60.7 Å². The van der Waals surface area contributed by atoms with E-state index in [9.17, 15) is 0 Å². The van der Waals surface area contributed by atoms with Crippen molar-refractivity contribution in [3.63, 3.8) is 0 Å².